The summed E-state index contributed by atoms with van der Waals surface area (Å²) in [6, 6.07) is 6.95. The third kappa shape index (κ3) is 2.67. The number of hydrogen-bond donors (Lipinski definition) is 0. The molecule has 0 N–H and O–H groups in total. The van der Waals surface area contributed by atoms with E-state index in [0.717, 1.165) is 0 Å². The monoisotopic (exact) mass is 291 g/mol. The molecule has 2 heterocycles. The maximum Gasteiger partial charge on any atom is 0.419 e. The first-order chi connectivity index (χ1) is 10.1. The van der Waals surface area contributed by atoms with Crippen LogP contribution in [0.4, 0.5) is 0 Å². The van der Waals surface area contributed by atoms with Crippen molar-refractivity contribution >= 4 is 23.0 Å². The van der Waals surface area contributed by atoms with Crippen LogP contribution in [0.3, 0.4) is 0 Å². The van der Waals surface area contributed by atoms with Gasteiger partial charge in [-0.15, -0.1) is 0 Å². The summed E-state index contributed by atoms with van der Waals surface area (Å²) < 4.78 is 16.1. The number of rotatable bonds is 4. The Bertz CT molecular complexity index is 743. The van der Waals surface area contributed by atoms with Gasteiger partial charge in [0.2, 0.25) is 6.10 Å². The molecule has 0 radical (unpaired) electrons. The zero-order valence-electron chi connectivity index (χ0n) is 11.1. The van der Waals surface area contributed by atoms with Crippen molar-refractivity contribution in [2.45, 2.75) is 25.5 Å². The molecule has 3 rings (SSSR count). The number of oxazole rings is 1. The quantitative estimate of drug-likeness (QED) is 0.776. The lowest BCUT2D eigenvalue weighted by Gasteiger charge is -2.08. The van der Waals surface area contributed by atoms with Crippen molar-refractivity contribution in [1.82, 2.24) is 4.57 Å². The minimum Gasteiger partial charge on any atom is -0.463 e. The van der Waals surface area contributed by atoms with Crippen molar-refractivity contribution in [3.63, 3.8) is 0 Å². The number of esters is 2. The minimum atomic E-state index is -0.824. The second kappa shape index (κ2) is 5.43. The number of aromatic nitrogens is 1. The second-order valence-electron chi connectivity index (χ2n) is 4.67. The van der Waals surface area contributed by atoms with Crippen molar-refractivity contribution < 1.29 is 23.5 Å². The molecule has 1 unspecified atom stereocenters. The van der Waals surface area contributed by atoms with Crippen LogP contribution in [-0.2, 0) is 25.6 Å². The summed E-state index contributed by atoms with van der Waals surface area (Å²) >= 11 is 0. The van der Waals surface area contributed by atoms with Crippen molar-refractivity contribution in [2.75, 3.05) is 6.61 Å². The maximum absolute atomic E-state index is 11.7. The summed E-state index contributed by atoms with van der Waals surface area (Å²) in [4.78, 5) is 34.6. The highest BCUT2D eigenvalue weighted by Gasteiger charge is 2.30. The van der Waals surface area contributed by atoms with E-state index in [1.165, 1.54) is 4.57 Å². The molecule has 2 aromatic rings. The first-order valence-electron chi connectivity index (χ1n) is 6.59. The van der Waals surface area contributed by atoms with E-state index in [1.807, 2.05) is 0 Å². The van der Waals surface area contributed by atoms with Crippen LogP contribution in [0, 0.1) is 0 Å². The van der Waals surface area contributed by atoms with Gasteiger partial charge >= 0.3 is 17.7 Å². The average molecular weight is 291 g/mol. The number of carbonyl (C=O) groups excluding carboxylic acids is 2. The summed E-state index contributed by atoms with van der Waals surface area (Å²) in [5.74, 6) is -1.59. The van der Waals surface area contributed by atoms with Crippen molar-refractivity contribution in [1.29, 1.82) is 0 Å². The van der Waals surface area contributed by atoms with E-state index in [1.54, 1.807) is 24.3 Å². The van der Waals surface area contributed by atoms with Crippen LogP contribution in [0.5, 0.6) is 0 Å². The highest BCUT2D eigenvalue weighted by molar-refractivity contribution is 5.80. The zero-order chi connectivity index (χ0) is 14.8. The molecule has 110 valence electrons. The summed E-state index contributed by atoms with van der Waals surface area (Å²) in [7, 11) is 0. The van der Waals surface area contributed by atoms with Gasteiger partial charge < -0.3 is 13.9 Å². The molecule has 1 fully saturated rings. The lowest BCUT2D eigenvalue weighted by atomic mass is 10.3. The maximum atomic E-state index is 11.7. The Labute approximate surface area is 119 Å². The second-order valence-corrected chi connectivity index (χ2v) is 4.67. The summed E-state index contributed by atoms with van der Waals surface area (Å²) in [6.45, 7) is 0.402. The molecule has 1 aromatic carbocycles. The van der Waals surface area contributed by atoms with Gasteiger partial charge in [-0.25, -0.2) is 9.59 Å². The molecule has 1 atom stereocenters. The Morgan fingerprint density at radius 2 is 2.14 bits per heavy atom. The fourth-order valence-corrected chi connectivity index (χ4v) is 2.23. The van der Waals surface area contributed by atoms with E-state index >= 15 is 0 Å². The first-order valence-corrected chi connectivity index (χ1v) is 6.59. The zero-order valence-corrected chi connectivity index (χ0v) is 11.1. The van der Waals surface area contributed by atoms with Gasteiger partial charge in [-0.2, -0.15) is 0 Å². The van der Waals surface area contributed by atoms with Gasteiger partial charge in [0.05, 0.1) is 18.5 Å². The van der Waals surface area contributed by atoms with E-state index < -0.39 is 23.8 Å². The predicted molar refractivity (Wildman–Crippen MR) is 70.5 cm³/mol. The van der Waals surface area contributed by atoms with Gasteiger partial charge in [0.25, 0.3) is 0 Å². The van der Waals surface area contributed by atoms with Gasteiger partial charge in [0, 0.05) is 13.0 Å². The van der Waals surface area contributed by atoms with Gasteiger partial charge in [0.15, 0.2) is 5.58 Å². The van der Waals surface area contributed by atoms with E-state index in [9.17, 15) is 14.4 Å². The van der Waals surface area contributed by atoms with Crippen molar-refractivity contribution in [3.05, 3.63) is 34.8 Å². The number of cyclic esters (lactones) is 1. The highest BCUT2D eigenvalue weighted by atomic mass is 16.6. The van der Waals surface area contributed by atoms with Gasteiger partial charge in [-0.1, -0.05) is 12.1 Å². The average Bonchev–Trinajstić information content (AvgIpc) is 3.00. The molecule has 1 saturated heterocycles. The van der Waals surface area contributed by atoms with E-state index in [2.05, 4.69) is 0 Å². The largest absolute Gasteiger partial charge is 0.463 e. The predicted octanol–water partition coefficient (Wildman–Crippen LogP) is 0.843. The number of aryl methyl sites for hydroxylation is 1. The number of para-hydroxylation sites is 2. The number of fused-ring (bicyclic) bond motifs is 1. The molecule has 0 spiro atoms. The van der Waals surface area contributed by atoms with Crippen LogP contribution in [0.15, 0.2) is 33.5 Å². The summed E-state index contributed by atoms with van der Waals surface area (Å²) in [6.07, 6.45) is -0.470. The normalized spacial score (nSPS) is 17.9. The van der Waals surface area contributed by atoms with E-state index in [0.29, 0.717) is 17.5 Å². The molecule has 1 aliphatic rings. The smallest absolute Gasteiger partial charge is 0.419 e. The molecule has 0 amide bonds. The third-order valence-electron chi connectivity index (χ3n) is 3.27. The van der Waals surface area contributed by atoms with Crippen LogP contribution < -0.4 is 5.76 Å². The standard InChI is InChI=1S/C14H13NO6/c16-12(20-11-6-8-19-13(11)17)5-7-15-9-3-1-2-4-10(9)21-14(15)18/h1-4,11H,5-8H2. The van der Waals surface area contributed by atoms with E-state index in [-0.39, 0.29) is 19.6 Å². The highest BCUT2D eigenvalue weighted by Crippen LogP contribution is 2.14. The molecule has 21 heavy (non-hydrogen) atoms. The number of hydrogen-bond acceptors (Lipinski definition) is 6. The van der Waals surface area contributed by atoms with E-state index in [4.69, 9.17) is 13.9 Å². The molecular formula is C14H13NO6. The summed E-state index contributed by atoms with van der Waals surface area (Å²) in [5.41, 5.74) is 1.09. The molecule has 0 saturated carbocycles. The van der Waals surface area contributed by atoms with Gasteiger partial charge in [-0.3, -0.25) is 9.36 Å². The Morgan fingerprint density at radius 1 is 1.33 bits per heavy atom. The van der Waals surface area contributed by atoms with Crippen molar-refractivity contribution in [2.24, 2.45) is 0 Å². The molecular weight excluding hydrogens is 278 g/mol. The van der Waals surface area contributed by atoms with Crippen LogP contribution in [0.2, 0.25) is 0 Å². The molecule has 7 nitrogen and oxygen atoms in total. The van der Waals surface area contributed by atoms with Crippen LogP contribution in [0.1, 0.15) is 12.8 Å². The lowest BCUT2D eigenvalue weighted by molar-refractivity contribution is -0.160. The van der Waals surface area contributed by atoms with Crippen LogP contribution in [-0.4, -0.2) is 29.2 Å². The summed E-state index contributed by atoms with van der Waals surface area (Å²) in [5, 5.41) is 0. The van der Waals surface area contributed by atoms with Crippen molar-refractivity contribution in [3.8, 4) is 0 Å². The Kier molecular flexibility index (Phi) is 3.47. The Morgan fingerprint density at radius 3 is 2.90 bits per heavy atom. The number of nitrogens with zero attached hydrogens (tertiary/aromatic N) is 1. The van der Waals surface area contributed by atoms with Crippen LogP contribution >= 0.6 is 0 Å². The first kappa shape index (κ1) is 13.4. The topological polar surface area (TPSA) is 87.7 Å². The fourth-order valence-electron chi connectivity index (χ4n) is 2.23. The SMILES string of the molecule is O=C(CCn1c(=O)oc2ccccc21)OC1CCOC1=O. The number of benzene rings is 1. The van der Waals surface area contributed by atoms with Gasteiger partial charge in [-0.05, 0) is 12.1 Å². The lowest BCUT2D eigenvalue weighted by Crippen LogP contribution is -2.24. The molecule has 0 bridgehead atoms. The Hall–Kier alpha value is -2.57. The third-order valence-corrected chi connectivity index (χ3v) is 3.27. The molecule has 1 aliphatic heterocycles. The molecule has 0 aliphatic carbocycles. The molecule has 7 heteroatoms. The number of carbonyl (C=O) groups is 2. The molecule has 1 aromatic heterocycles. The Balaban J connectivity index is 1.66. The van der Waals surface area contributed by atoms with Gasteiger partial charge in [0.1, 0.15) is 0 Å². The number of ether oxygens (including phenoxy) is 2. The van der Waals surface area contributed by atoms with Crippen LogP contribution in [0.25, 0.3) is 11.1 Å². The minimum absolute atomic E-state index is 0.0206. The fraction of sp³-hybridized carbons (Fsp3) is 0.357.